The first-order valence-electron chi connectivity index (χ1n) is 10.2. The molecule has 0 fully saturated rings. The number of hydrogen-bond acceptors (Lipinski definition) is 4. The molecule has 2 rings (SSSR count). The minimum atomic E-state index is -4.40. The second-order valence-corrected chi connectivity index (χ2v) is 7.23. The third-order valence-corrected chi connectivity index (χ3v) is 4.68. The average molecular weight is 637 g/mol. The molecule has 1 aromatic carbocycles. The quantitative estimate of drug-likeness (QED) is 0.213. The third-order valence-electron chi connectivity index (χ3n) is 4.68. The Morgan fingerprint density at radius 3 is 2.19 bits per heavy atom. The first-order valence-corrected chi connectivity index (χ1v) is 10.2. The number of hydrogen-bond donors (Lipinski definition) is 2. The second kappa shape index (κ2) is 15.5. The van der Waals surface area contributed by atoms with Crippen molar-refractivity contribution in [3.8, 4) is 11.3 Å². The zero-order chi connectivity index (χ0) is 23.4. The van der Waals surface area contributed by atoms with Gasteiger partial charge in [0.2, 0.25) is 0 Å². The Labute approximate surface area is 200 Å². The molecular formula is C23H30F4IrNO3-. The summed E-state index contributed by atoms with van der Waals surface area (Å²) in [6, 6.07) is 8.46. The molecule has 32 heavy (non-hydrogen) atoms. The number of ether oxygens (including phenoxy) is 1. The molecule has 1 aromatic heterocycles. The Kier molecular flexibility index (Phi) is 14.8. The Bertz CT molecular complexity index is 736. The van der Waals surface area contributed by atoms with E-state index >= 15 is 0 Å². The van der Waals surface area contributed by atoms with Crippen LogP contribution in [0.4, 0.5) is 17.6 Å². The van der Waals surface area contributed by atoms with Crippen LogP contribution < -0.4 is 0 Å². The van der Waals surface area contributed by atoms with E-state index in [9.17, 15) is 22.7 Å². The molecule has 0 bridgehead atoms. The predicted octanol–water partition coefficient (Wildman–Crippen LogP) is 5.62. The minimum absolute atomic E-state index is 0. The van der Waals surface area contributed by atoms with Crippen LogP contribution in [-0.2, 0) is 31.0 Å². The summed E-state index contributed by atoms with van der Waals surface area (Å²) in [4.78, 5) is 3.67. The van der Waals surface area contributed by atoms with Crippen LogP contribution >= 0.6 is 0 Å². The summed E-state index contributed by atoms with van der Waals surface area (Å²) in [5, 5.41) is 18.3. The van der Waals surface area contributed by atoms with Crippen molar-refractivity contribution in [2.45, 2.75) is 65.0 Å². The summed E-state index contributed by atoms with van der Waals surface area (Å²) >= 11 is 0. The van der Waals surface area contributed by atoms with Gasteiger partial charge >= 0.3 is 6.18 Å². The zero-order valence-electron chi connectivity index (χ0n) is 18.3. The molecule has 2 aromatic rings. The van der Waals surface area contributed by atoms with Crippen molar-refractivity contribution in [1.82, 2.24) is 4.98 Å². The molecule has 1 radical (unpaired) electrons. The zero-order valence-corrected chi connectivity index (χ0v) is 20.7. The first-order chi connectivity index (χ1) is 14.6. The molecule has 0 aliphatic heterocycles. The number of aliphatic hydroxyl groups excluding tert-OH is 2. The summed E-state index contributed by atoms with van der Waals surface area (Å²) in [5.74, 6) is 0.231. The van der Waals surface area contributed by atoms with E-state index in [2.05, 4.69) is 24.9 Å². The monoisotopic (exact) mass is 637 g/mol. The van der Waals surface area contributed by atoms with Crippen LogP contribution in [0.5, 0.6) is 0 Å². The number of halogens is 4. The molecule has 0 amide bonds. The topological polar surface area (TPSA) is 62.6 Å². The van der Waals surface area contributed by atoms with Crippen molar-refractivity contribution in [3.05, 3.63) is 54.0 Å². The molecule has 0 saturated carbocycles. The molecule has 0 aliphatic carbocycles. The van der Waals surface area contributed by atoms with Crippen LogP contribution in [0.15, 0.2) is 36.5 Å². The van der Waals surface area contributed by atoms with Gasteiger partial charge in [0.25, 0.3) is 0 Å². The number of rotatable bonds is 9. The van der Waals surface area contributed by atoms with Gasteiger partial charge in [0.15, 0.2) is 6.29 Å². The van der Waals surface area contributed by atoms with Crippen molar-refractivity contribution in [1.29, 1.82) is 0 Å². The van der Waals surface area contributed by atoms with E-state index in [-0.39, 0.29) is 20.1 Å². The van der Waals surface area contributed by atoms with E-state index < -0.39 is 30.0 Å². The molecule has 1 heterocycles. The summed E-state index contributed by atoms with van der Waals surface area (Å²) < 4.78 is 54.6. The van der Waals surface area contributed by atoms with E-state index in [1.54, 1.807) is 6.92 Å². The molecule has 2 atom stereocenters. The summed E-state index contributed by atoms with van der Waals surface area (Å²) in [5.41, 5.74) is -0.0542. The fourth-order valence-electron chi connectivity index (χ4n) is 2.71. The molecule has 4 nitrogen and oxygen atoms in total. The Morgan fingerprint density at radius 2 is 1.75 bits per heavy atom. The number of benzene rings is 1. The maximum absolute atomic E-state index is 12.6. The summed E-state index contributed by atoms with van der Waals surface area (Å²) in [6.45, 7) is 6.56. The smallest absolute Gasteiger partial charge is 0.393 e. The van der Waals surface area contributed by atoms with E-state index in [1.165, 1.54) is 18.2 Å². The minimum Gasteiger partial charge on any atom is -0.393 e. The van der Waals surface area contributed by atoms with Crippen LogP contribution in [-0.4, -0.2) is 34.2 Å². The number of alkyl halides is 3. The standard InChI is InChI=1S/C12H6F4N.C11H24O3.Ir/c13-10-4-1-8(2-5-10)11-6-3-9(7-17-11)12(14,15)16;1-4-10(5-2)6-7-14-11(13)8-9(3)12;/h1,3-7H;9-13H,4-8H2,1-3H3;/q-1;;. The molecule has 0 aliphatic rings. The number of nitrogens with zero attached hydrogens (tertiary/aromatic N) is 1. The van der Waals surface area contributed by atoms with Crippen molar-refractivity contribution in [2.24, 2.45) is 5.92 Å². The molecule has 0 saturated heterocycles. The Hall–Kier alpha value is -1.38. The Balaban J connectivity index is 0.000000596. The van der Waals surface area contributed by atoms with Crippen LogP contribution in [0.25, 0.3) is 11.3 Å². The van der Waals surface area contributed by atoms with Crippen molar-refractivity contribution in [2.75, 3.05) is 6.61 Å². The van der Waals surface area contributed by atoms with Crippen molar-refractivity contribution < 1.29 is 52.6 Å². The van der Waals surface area contributed by atoms with Gasteiger partial charge in [-0.05, 0) is 25.0 Å². The average Bonchev–Trinajstić information content (AvgIpc) is 2.71. The van der Waals surface area contributed by atoms with E-state index in [1.807, 2.05) is 0 Å². The molecule has 9 heteroatoms. The van der Waals surface area contributed by atoms with Gasteiger partial charge in [-0.2, -0.15) is 13.2 Å². The van der Waals surface area contributed by atoms with E-state index in [0.29, 0.717) is 30.2 Å². The van der Waals surface area contributed by atoms with Gasteiger partial charge in [-0.15, -0.1) is 29.8 Å². The second-order valence-electron chi connectivity index (χ2n) is 7.23. The fraction of sp³-hybridized carbons (Fsp3) is 0.522. The van der Waals surface area contributed by atoms with Crippen molar-refractivity contribution >= 4 is 0 Å². The number of aromatic nitrogens is 1. The van der Waals surface area contributed by atoms with Gasteiger partial charge in [-0.3, -0.25) is 4.39 Å². The largest absolute Gasteiger partial charge is 0.417 e. The first kappa shape index (κ1) is 30.6. The van der Waals surface area contributed by atoms with Gasteiger partial charge < -0.3 is 19.9 Å². The van der Waals surface area contributed by atoms with Gasteiger partial charge in [0.05, 0.1) is 11.7 Å². The SMILES string of the molecule is CCC(CC)CCOC(O)CC(C)O.Fc1c[c-]c(-c2ccc(C(F)(F)F)cn2)cc1.[Ir]. The Morgan fingerprint density at radius 1 is 1.09 bits per heavy atom. The summed E-state index contributed by atoms with van der Waals surface area (Å²) in [6.07, 6.45) is -1.38. The molecule has 2 unspecified atom stereocenters. The van der Waals surface area contributed by atoms with Gasteiger partial charge in [0.1, 0.15) is 0 Å². The molecule has 0 spiro atoms. The van der Waals surface area contributed by atoms with Gasteiger partial charge in [0, 0.05) is 45.1 Å². The molecule has 2 N–H and O–H groups in total. The summed E-state index contributed by atoms with van der Waals surface area (Å²) in [7, 11) is 0. The maximum Gasteiger partial charge on any atom is 0.417 e. The molecule has 183 valence electrons. The predicted molar refractivity (Wildman–Crippen MR) is 110 cm³/mol. The van der Waals surface area contributed by atoms with Crippen molar-refractivity contribution in [3.63, 3.8) is 0 Å². The molecular weight excluding hydrogens is 606 g/mol. The van der Waals surface area contributed by atoms with Crippen LogP contribution in [0, 0.1) is 17.8 Å². The van der Waals surface area contributed by atoms with Crippen LogP contribution in [0.1, 0.15) is 52.0 Å². The van der Waals surface area contributed by atoms with Crippen LogP contribution in [0.3, 0.4) is 0 Å². The van der Waals surface area contributed by atoms with Crippen LogP contribution in [0.2, 0.25) is 0 Å². The number of aliphatic hydroxyl groups is 2. The van der Waals surface area contributed by atoms with E-state index in [4.69, 9.17) is 9.84 Å². The van der Waals surface area contributed by atoms with E-state index in [0.717, 1.165) is 37.6 Å². The van der Waals surface area contributed by atoms with Gasteiger partial charge in [-0.1, -0.05) is 38.8 Å². The third kappa shape index (κ3) is 12.0. The van der Waals surface area contributed by atoms with Gasteiger partial charge in [-0.25, -0.2) is 0 Å². The maximum atomic E-state index is 12.6. The normalized spacial score (nSPS) is 13.1. The number of pyridine rings is 1. The fourth-order valence-corrected chi connectivity index (χ4v) is 2.71.